The minimum atomic E-state index is -0.208. The summed E-state index contributed by atoms with van der Waals surface area (Å²) in [6, 6.07) is 4.88. The van der Waals surface area contributed by atoms with Gasteiger partial charge in [0.05, 0.1) is 12.2 Å². The number of aromatic nitrogens is 2. The summed E-state index contributed by atoms with van der Waals surface area (Å²) in [6.07, 6.45) is 4.68. The number of fused-ring (bicyclic) bond motifs is 1. The number of hydrogen-bond donors (Lipinski definition) is 0. The van der Waals surface area contributed by atoms with Crippen LogP contribution in [0.1, 0.15) is 35.6 Å². The topological polar surface area (TPSA) is 17.8 Å². The Hall–Kier alpha value is -1.16. The van der Waals surface area contributed by atoms with Crippen molar-refractivity contribution < 1.29 is 4.39 Å². The van der Waals surface area contributed by atoms with Crippen LogP contribution in [0.5, 0.6) is 0 Å². The van der Waals surface area contributed by atoms with Crippen LogP contribution in [0, 0.1) is 12.7 Å². The molecule has 0 aliphatic heterocycles. The van der Waals surface area contributed by atoms with Crippen LogP contribution in [0.2, 0.25) is 0 Å². The van der Waals surface area contributed by atoms with E-state index < -0.39 is 0 Å². The van der Waals surface area contributed by atoms with Gasteiger partial charge in [-0.3, -0.25) is 0 Å². The fraction of sp³-hybridized carbons (Fsp3) is 0.400. The minimum Gasteiger partial charge on any atom is -0.328 e. The Labute approximate surface area is 120 Å². The molecule has 0 fully saturated rings. The summed E-state index contributed by atoms with van der Waals surface area (Å²) < 4.78 is 16.2. The van der Waals surface area contributed by atoms with E-state index in [1.807, 2.05) is 6.07 Å². The lowest BCUT2D eigenvalue weighted by Gasteiger charge is -2.15. The third-order valence-corrected chi connectivity index (χ3v) is 4.51. The van der Waals surface area contributed by atoms with Gasteiger partial charge in [-0.1, -0.05) is 22.0 Å². The Morgan fingerprint density at radius 1 is 1.32 bits per heavy atom. The number of hydrogen-bond acceptors (Lipinski definition) is 1. The van der Waals surface area contributed by atoms with Gasteiger partial charge in [-0.25, -0.2) is 9.37 Å². The summed E-state index contributed by atoms with van der Waals surface area (Å²) in [7, 11) is 0. The molecule has 0 bridgehead atoms. The molecule has 1 aromatic carbocycles. The Balaban J connectivity index is 1.97. The number of halogens is 2. The molecule has 0 saturated heterocycles. The first-order valence-corrected chi connectivity index (χ1v) is 7.43. The molecule has 0 radical (unpaired) electrons. The van der Waals surface area contributed by atoms with Crippen molar-refractivity contribution in [3.8, 4) is 0 Å². The fourth-order valence-electron chi connectivity index (χ4n) is 2.77. The second kappa shape index (κ2) is 5.08. The van der Waals surface area contributed by atoms with Crippen molar-refractivity contribution in [1.29, 1.82) is 0 Å². The Bertz CT molecular complexity index is 619. The Morgan fingerprint density at radius 3 is 2.89 bits per heavy atom. The largest absolute Gasteiger partial charge is 0.328 e. The lowest BCUT2D eigenvalue weighted by atomic mass is 10.0. The van der Waals surface area contributed by atoms with E-state index >= 15 is 0 Å². The summed E-state index contributed by atoms with van der Waals surface area (Å²) >= 11 is 3.44. The van der Waals surface area contributed by atoms with E-state index in [1.165, 1.54) is 36.4 Å². The zero-order chi connectivity index (χ0) is 13.4. The van der Waals surface area contributed by atoms with Crippen LogP contribution in [0.25, 0.3) is 0 Å². The van der Waals surface area contributed by atoms with Gasteiger partial charge in [-0.05, 0) is 50.3 Å². The summed E-state index contributed by atoms with van der Waals surface area (Å²) in [5.41, 5.74) is 3.71. The smallest absolute Gasteiger partial charge is 0.124 e. The first-order valence-electron chi connectivity index (χ1n) is 6.64. The van der Waals surface area contributed by atoms with Crippen molar-refractivity contribution in [2.24, 2.45) is 0 Å². The molecule has 2 aromatic rings. The van der Waals surface area contributed by atoms with E-state index in [4.69, 9.17) is 0 Å². The van der Waals surface area contributed by atoms with Crippen LogP contribution in [0.3, 0.4) is 0 Å². The van der Waals surface area contributed by atoms with Crippen LogP contribution < -0.4 is 0 Å². The molecule has 100 valence electrons. The quantitative estimate of drug-likeness (QED) is 0.816. The lowest BCUT2D eigenvalue weighted by molar-refractivity contribution is 0.616. The van der Waals surface area contributed by atoms with E-state index in [1.54, 1.807) is 0 Å². The summed E-state index contributed by atoms with van der Waals surface area (Å²) in [6.45, 7) is 2.81. The van der Waals surface area contributed by atoms with Gasteiger partial charge in [0.15, 0.2) is 0 Å². The van der Waals surface area contributed by atoms with Gasteiger partial charge in [-0.2, -0.15) is 0 Å². The highest BCUT2D eigenvalue weighted by Crippen LogP contribution is 2.25. The first-order chi connectivity index (χ1) is 9.15. The minimum absolute atomic E-state index is 0.208. The molecule has 0 atom stereocenters. The molecule has 1 aliphatic rings. The van der Waals surface area contributed by atoms with Gasteiger partial charge in [0.2, 0.25) is 0 Å². The summed E-state index contributed by atoms with van der Waals surface area (Å²) in [5, 5.41) is 0. The van der Waals surface area contributed by atoms with Gasteiger partial charge in [-0.15, -0.1) is 0 Å². The molecule has 1 aromatic heterocycles. The molecule has 0 saturated carbocycles. The molecule has 1 heterocycles. The first kappa shape index (κ1) is 12.9. The van der Waals surface area contributed by atoms with Gasteiger partial charge < -0.3 is 4.57 Å². The number of benzene rings is 1. The van der Waals surface area contributed by atoms with Crippen LogP contribution in [0.4, 0.5) is 4.39 Å². The molecule has 1 aliphatic carbocycles. The second-order valence-electron chi connectivity index (χ2n) is 5.08. The van der Waals surface area contributed by atoms with E-state index in [0.29, 0.717) is 0 Å². The van der Waals surface area contributed by atoms with Gasteiger partial charge in [0, 0.05) is 10.2 Å². The molecule has 4 heteroatoms. The van der Waals surface area contributed by atoms with E-state index in [0.717, 1.165) is 35.2 Å². The monoisotopic (exact) mass is 322 g/mol. The normalized spacial score (nSPS) is 14.5. The maximum atomic E-state index is 13.1. The molecule has 0 N–H and O–H groups in total. The SMILES string of the molecule is Cc1nc2c(n1Cc1ccc(F)cc1Br)CCCC2. The number of rotatable bonds is 2. The van der Waals surface area contributed by atoms with E-state index in [2.05, 4.69) is 32.4 Å². The third-order valence-electron chi connectivity index (χ3n) is 3.77. The molecule has 19 heavy (non-hydrogen) atoms. The number of imidazole rings is 1. The second-order valence-corrected chi connectivity index (χ2v) is 5.94. The molecular weight excluding hydrogens is 307 g/mol. The van der Waals surface area contributed by atoms with Gasteiger partial charge in [0.1, 0.15) is 11.6 Å². The average Bonchev–Trinajstić information content (AvgIpc) is 2.69. The zero-order valence-electron chi connectivity index (χ0n) is 10.9. The molecular formula is C15H16BrFN2. The molecule has 3 rings (SSSR count). The predicted molar refractivity (Wildman–Crippen MR) is 76.8 cm³/mol. The third kappa shape index (κ3) is 2.46. The van der Waals surface area contributed by atoms with Crippen molar-refractivity contribution in [3.63, 3.8) is 0 Å². The number of aryl methyl sites for hydroxylation is 2. The molecule has 2 nitrogen and oxygen atoms in total. The number of nitrogens with zero attached hydrogens (tertiary/aromatic N) is 2. The summed E-state index contributed by atoms with van der Waals surface area (Å²) in [4.78, 5) is 4.67. The summed E-state index contributed by atoms with van der Waals surface area (Å²) in [5.74, 6) is 0.850. The van der Waals surface area contributed by atoms with Crippen molar-refractivity contribution in [2.45, 2.75) is 39.2 Å². The predicted octanol–water partition coefficient (Wildman–Crippen LogP) is 4.02. The van der Waals surface area contributed by atoms with Crippen LogP contribution in [-0.4, -0.2) is 9.55 Å². The Kier molecular flexibility index (Phi) is 3.44. The molecule has 0 amide bonds. The van der Waals surface area contributed by atoms with Crippen LogP contribution in [0.15, 0.2) is 22.7 Å². The van der Waals surface area contributed by atoms with Crippen molar-refractivity contribution in [1.82, 2.24) is 9.55 Å². The fourth-order valence-corrected chi connectivity index (χ4v) is 3.24. The standard InChI is InChI=1S/C15H16BrFN2/c1-10-18-14-4-2-3-5-15(14)19(10)9-11-6-7-12(17)8-13(11)16/h6-8H,2-5,9H2,1H3. The van der Waals surface area contributed by atoms with E-state index in [9.17, 15) is 4.39 Å². The van der Waals surface area contributed by atoms with Gasteiger partial charge in [0.25, 0.3) is 0 Å². The maximum Gasteiger partial charge on any atom is 0.124 e. The van der Waals surface area contributed by atoms with Crippen LogP contribution >= 0.6 is 15.9 Å². The Morgan fingerprint density at radius 2 is 2.11 bits per heavy atom. The van der Waals surface area contributed by atoms with Crippen LogP contribution in [-0.2, 0) is 19.4 Å². The maximum absolute atomic E-state index is 13.1. The van der Waals surface area contributed by atoms with Crippen molar-refractivity contribution in [2.75, 3.05) is 0 Å². The molecule has 0 spiro atoms. The highest BCUT2D eigenvalue weighted by molar-refractivity contribution is 9.10. The van der Waals surface area contributed by atoms with Crippen molar-refractivity contribution >= 4 is 15.9 Å². The lowest BCUT2D eigenvalue weighted by Crippen LogP contribution is -2.10. The highest BCUT2D eigenvalue weighted by atomic mass is 79.9. The molecule has 0 unspecified atom stereocenters. The van der Waals surface area contributed by atoms with Crippen molar-refractivity contribution in [3.05, 3.63) is 51.3 Å². The zero-order valence-corrected chi connectivity index (χ0v) is 12.5. The van der Waals surface area contributed by atoms with E-state index in [-0.39, 0.29) is 5.82 Å². The average molecular weight is 323 g/mol. The highest BCUT2D eigenvalue weighted by Gasteiger charge is 2.18. The van der Waals surface area contributed by atoms with Gasteiger partial charge >= 0.3 is 0 Å².